The minimum atomic E-state index is -4.17. The van der Waals surface area contributed by atoms with Crippen molar-refractivity contribution >= 4 is 47.3 Å². The van der Waals surface area contributed by atoms with E-state index in [1.165, 1.54) is 12.3 Å². The molecule has 2 rings (SSSR count). The minimum absolute atomic E-state index is 0.0825. The van der Waals surface area contributed by atoms with Crippen LogP contribution >= 0.6 is 26.6 Å². The van der Waals surface area contributed by atoms with E-state index in [4.69, 9.17) is 10.7 Å². The van der Waals surface area contributed by atoms with Crippen LogP contribution in [0.5, 0.6) is 0 Å². The molecular formula is C12H7BrClFN2O3S. The van der Waals surface area contributed by atoms with E-state index in [1.807, 2.05) is 0 Å². The zero-order chi connectivity index (χ0) is 15.6. The Morgan fingerprint density at radius 3 is 2.62 bits per heavy atom. The first-order chi connectivity index (χ1) is 9.79. The van der Waals surface area contributed by atoms with E-state index in [2.05, 4.69) is 26.2 Å². The Morgan fingerprint density at radius 2 is 2.05 bits per heavy atom. The van der Waals surface area contributed by atoms with Crippen LogP contribution in [0.3, 0.4) is 0 Å². The van der Waals surface area contributed by atoms with Crippen molar-refractivity contribution in [3.05, 3.63) is 52.5 Å². The number of amides is 1. The van der Waals surface area contributed by atoms with Gasteiger partial charge in [-0.25, -0.2) is 17.8 Å². The van der Waals surface area contributed by atoms with Crippen molar-refractivity contribution in [3.8, 4) is 0 Å². The van der Waals surface area contributed by atoms with Gasteiger partial charge in [0.25, 0.3) is 15.0 Å². The predicted octanol–water partition coefficient (Wildman–Crippen LogP) is 3.16. The molecule has 1 amide bonds. The normalized spacial score (nSPS) is 11.2. The predicted molar refractivity (Wildman–Crippen MR) is 79.3 cm³/mol. The van der Waals surface area contributed by atoms with Crippen LogP contribution < -0.4 is 5.32 Å². The van der Waals surface area contributed by atoms with Gasteiger partial charge in [-0.1, -0.05) is 0 Å². The van der Waals surface area contributed by atoms with Crippen molar-refractivity contribution in [2.75, 3.05) is 5.32 Å². The number of anilines is 1. The Hall–Kier alpha value is -1.51. The monoisotopic (exact) mass is 392 g/mol. The first-order valence-electron chi connectivity index (χ1n) is 5.45. The molecule has 1 N–H and O–H groups in total. The van der Waals surface area contributed by atoms with E-state index < -0.39 is 25.7 Å². The molecule has 0 saturated heterocycles. The second-order valence-electron chi connectivity index (χ2n) is 3.87. The molecule has 5 nitrogen and oxygen atoms in total. The van der Waals surface area contributed by atoms with Crippen LogP contribution in [0.4, 0.5) is 10.1 Å². The fraction of sp³-hybridized carbons (Fsp3) is 0. The van der Waals surface area contributed by atoms with Crippen LogP contribution in [-0.2, 0) is 9.05 Å². The Bertz CT molecular complexity index is 814. The molecule has 1 heterocycles. The molecule has 0 unspecified atom stereocenters. The zero-order valence-corrected chi connectivity index (χ0v) is 13.3. The van der Waals surface area contributed by atoms with Gasteiger partial charge in [-0.15, -0.1) is 0 Å². The second-order valence-corrected chi connectivity index (χ2v) is 7.26. The Balaban J connectivity index is 2.27. The SMILES string of the molecule is O=C(Nc1ccc(S(=O)(=O)Cl)c(F)c1)c1ncccc1Br. The number of carbonyl (C=O) groups is 1. The number of benzene rings is 1. The summed E-state index contributed by atoms with van der Waals surface area (Å²) >= 11 is 3.17. The molecule has 0 saturated carbocycles. The number of nitrogens with one attached hydrogen (secondary N) is 1. The van der Waals surface area contributed by atoms with E-state index in [0.717, 1.165) is 12.1 Å². The third-order valence-electron chi connectivity index (χ3n) is 2.43. The van der Waals surface area contributed by atoms with Crippen LogP contribution in [0, 0.1) is 5.82 Å². The number of rotatable bonds is 3. The lowest BCUT2D eigenvalue weighted by Crippen LogP contribution is -2.14. The maximum atomic E-state index is 13.6. The molecule has 0 spiro atoms. The lowest BCUT2D eigenvalue weighted by atomic mass is 10.3. The van der Waals surface area contributed by atoms with Gasteiger partial charge in [-0.2, -0.15) is 0 Å². The minimum Gasteiger partial charge on any atom is -0.321 e. The van der Waals surface area contributed by atoms with Gasteiger partial charge in [0, 0.05) is 27.0 Å². The second kappa shape index (κ2) is 6.08. The first kappa shape index (κ1) is 15.9. The van der Waals surface area contributed by atoms with Crippen molar-refractivity contribution in [2.45, 2.75) is 4.90 Å². The highest BCUT2D eigenvalue weighted by molar-refractivity contribution is 9.10. The Kier molecular flexibility index (Phi) is 4.60. The number of hydrogen-bond donors (Lipinski definition) is 1. The zero-order valence-electron chi connectivity index (χ0n) is 10.2. The van der Waals surface area contributed by atoms with Crippen molar-refractivity contribution < 1.29 is 17.6 Å². The van der Waals surface area contributed by atoms with Crippen LogP contribution in [0.25, 0.3) is 0 Å². The maximum Gasteiger partial charge on any atom is 0.275 e. The molecular weight excluding hydrogens is 387 g/mol. The lowest BCUT2D eigenvalue weighted by Gasteiger charge is -2.07. The summed E-state index contributed by atoms with van der Waals surface area (Å²) in [4.78, 5) is 15.2. The molecule has 0 aliphatic carbocycles. The van der Waals surface area contributed by atoms with Crippen molar-refractivity contribution in [3.63, 3.8) is 0 Å². The van der Waals surface area contributed by atoms with Crippen LogP contribution in [0.1, 0.15) is 10.5 Å². The van der Waals surface area contributed by atoms with Gasteiger partial charge in [0.15, 0.2) is 0 Å². The highest BCUT2D eigenvalue weighted by Gasteiger charge is 2.17. The quantitative estimate of drug-likeness (QED) is 0.813. The van der Waals surface area contributed by atoms with Gasteiger partial charge in [-0.05, 0) is 46.3 Å². The van der Waals surface area contributed by atoms with Gasteiger partial charge in [-0.3, -0.25) is 4.79 Å². The summed E-state index contributed by atoms with van der Waals surface area (Å²) in [5.74, 6) is -1.62. The highest BCUT2D eigenvalue weighted by atomic mass is 79.9. The number of pyridine rings is 1. The summed E-state index contributed by atoms with van der Waals surface area (Å²) in [7, 11) is 0.894. The highest BCUT2D eigenvalue weighted by Crippen LogP contribution is 2.23. The Labute approximate surface area is 132 Å². The van der Waals surface area contributed by atoms with Crippen molar-refractivity contribution in [2.24, 2.45) is 0 Å². The van der Waals surface area contributed by atoms with E-state index in [-0.39, 0.29) is 11.4 Å². The van der Waals surface area contributed by atoms with Crippen LogP contribution in [-0.4, -0.2) is 19.3 Å². The Morgan fingerprint density at radius 1 is 1.33 bits per heavy atom. The molecule has 2 aromatic rings. The summed E-state index contributed by atoms with van der Waals surface area (Å²) in [6, 6.07) is 6.34. The number of halogens is 3. The van der Waals surface area contributed by atoms with Crippen molar-refractivity contribution in [1.82, 2.24) is 4.98 Å². The van der Waals surface area contributed by atoms with E-state index >= 15 is 0 Å². The molecule has 1 aromatic heterocycles. The smallest absolute Gasteiger partial charge is 0.275 e. The van der Waals surface area contributed by atoms with E-state index in [1.54, 1.807) is 12.1 Å². The summed E-state index contributed by atoms with van der Waals surface area (Å²) < 4.78 is 36.3. The summed E-state index contributed by atoms with van der Waals surface area (Å²) in [6.45, 7) is 0. The molecule has 21 heavy (non-hydrogen) atoms. The standard InChI is InChI=1S/C12H7BrClFN2O3S/c13-8-2-1-5-16-11(8)12(18)17-7-3-4-10(9(15)6-7)21(14,19)20/h1-6H,(H,17,18). The average molecular weight is 394 g/mol. The van der Waals surface area contributed by atoms with Gasteiger partial charge < -0.3 is 5.32 Å². The maximum absolute atomic E-state index is 13.6. The molecule has 0 bridgehead atoms. The molecule has 0 aliphatic heterocycles. The molecule has 9 heteroatoms. The van der Waals surface area contributed by atoms with Crippen LogP contribution in [0.2, 0.25) is 0 Å². The summed E-state index contributed by atoms with van der Waals surface area (Å²) in [5, 5.41) is 2.41. The van der Waals surface area contributed by atoms with Gasteiger partial charge >= 0.3 is 0 Å². The molecule has 110 valence electrons. The topological polar surface area (TPSA) is 76.1 Å². The summed E-state index contributed by atoms with van der Waals surface area (Å²) in [5.41, 5.74) is 0.200. The molecule has 0 atom stereocenters. The largest absolute Gasteiger partial charge is 0.321 e. The third kappa shape index (κ3) is 3.78. The number of hydrogen-bond acceptors (Lipinski definition) is 4. The molecule has 1 aromatic carbocycles. The first-order valence-corrected chi connectivity index (χ1v) is 8.55. The molecule has 0 aliphatic rings. The average Bonchev–Trinajstić information content (AvgIpc) is 2.37. The summed E-state index contributed by atoms with van der Waals surface area (Å²) in [6.07, 6.45) is 1.43. The van der Waals surface area contributed by atoms with E-state index in [9.17, 15) is 17.6 Å². The van der Waals surface area contributed by atoms with Gasteiger partial charge in [0.1, 0.15) is 16.4 Å². The molecule has 0 radical (unpaired) electrons. The number of nitrogens with zero attached hydrogens (tertiary/aromatic N) is 1. The molecule has 0 fully saturated rings. The number of carbonyl (C=O) groups excluding carboxylic acids is 1. The van der Waals surface area contributed by atoms with Gasteiger partial charge in [0.05, 0.1) is 0 Å². The fourth-order valence-electron chi connectivity index (χ4n) is 1.52. The van der Waals surface area contributed by atoms with Crippen molar-refractivity contribution in [1.29, 1.82) is 0 Å². The van der Waals surface area contributed by atoms with E-state index in [0.29, 0.717) is 4.47 Å². The van der Waals surface area contributed by atoms with Crippen LogP contribution in [0.15, 0.2) is 45.9 Å². The third-order valence-corrected chi connectivity index (χ3v) is 4.42. The number of aromatic nitrogens is 1. The fourth-order valence-corrected chi connectivity index (χ4v) is 2.85. The van der Waals surface area contributed by atoms with Gasteiger partial charge in [0.2, 0.25) is 0 Å². The lowest BCUT2D eigenvalue weighted by molar-refractivity contribution is 0.102.